The van der Waals surface area contributed by atoms with Gasteiger partial charge in [-0.1, -0.05) is 48.0 Å². The van der Waals surface area contributed by atoms with E-state index in [0.29, 0.717) is 17.8 Å². The second kappa shape index (κ2) is 13.5. The number of rotatable bonds is 10. The van der Waals surface area contributed by atoms with E-state index in [9.17, 15) is 13.6 Å². The molecule has 3 aromatic carbocycles. The average molecular weight is 665 g/mol. The number of benzene rings is 3. The second-order valence-electron chi connectivity index (χ2n) is 11.7. The number of nitrogens with one attached hydrogen (secondary N) is 4. The van der Waals surface area contributed by atoms with E-state index in [1.54, 1.807) is 0 Å². The van der Waals surface area contributed by atoms with Gasteiger partial charge >= 0.3 is 7.55 Å². The van der Waals surface area contributed by atoms with Crippen LogP contribution in [0, 0.1) is 11.6 Å². The van der Waals surface area contributed by atoms with Crippen LogP contribution in [0.15, 0.2) is 115 Å². The predicted molar refractivity (Wildman–Crippen MR) is 184 cm³/mol. The zero-order chi connectivity index (χ0) is 33.2. The second-order valence-corrected chi connectivity index (χ2v) is 12.0. The Bertz CT molecular complexity index is 1970. The van der Waals surface area contributed by atoms with Crippen molar-refractivity contribution in [1.82, 2.24) is 25.3 Å². The van der Waals surface area contributed by atoms with Crippen LogP contribution in [0.3, 0.4) is 0 Å². The number of aromatic nitrogens is 1. The predicted octanol–water partition coefficient (Wildman–Crippen LogP) is 4.99. The van der Waals surface area contributed by atoms with Gasteiger partial charge < -0.3 is 15.1 Å². The summed E-state index contributed by atoms with van der Waals surface area (Å²) in [5, 5.41) is 8.07. The molecule has 0 saturated heterocycles. The van der Waals surface area contributed by atoms with Crippen LogP contribution < -0.4 is 21.6 Å². The summed E-state index contributed by atoms with van der Waals surface area (Å²) in [7, 11) is 4.07. The maximum absolute atomic E-state index is 13.9. The molecule has 1 amide bonds. The summed E-state index contributed by atoms with van der Waals surface area (Å²) >= 11 is 5.68. The fourth-order valence-electron chi connectivity index (χ4n) is 6.04. The van der Waals surface area contributed by atoms with Gasteiger partial charge in [-0.3, -0.25) is 19.6 Å². The van der Waals surface area contributed by atoms with Crippen LogP contribution in [0.2, 0.25) is 0 Å². The number of carbonyl (C=O) groups excluding carboxylic acids is 1. The van der Waals surface area contributed by atoms with E-state index in [1.165, 1.54) is 17.7 Å². The van der Waals surface area contributed by atoms with Gasteiger partial charge in [0.25, 0.3) is 5.84 Å². The lowest BCUT2D eigenvalue weighted by molar-refractivity contribution is -0.320. The summed E-state index contributed by atoms with van der Waals surface area (Å²) in [5.41, 5.74) is 13.7. The Morgan fingerprint density at radius 1 is 0.958 bits per heavy atom. The van der Waals surface area contributed by atoms with Crippen LogP contribution in [0.1, 0.15) is 22.4 Å². The number of halogens is 3. The van der Waals surface area contributed by atoms with Gasteiger partial charge in [-0.2, -0.15) is 0 Å². The Morgan fingerprint density at radius 3 is 2.48 bits per heavy atom. The number of nitrogens with zero attached hydrogens (tertiary/aromatic N) is 4. The van der Waals surface area contributed by atoms with Gasteiger partial charge in [0.05, 0.1) is 11.5 Å². The number of likely N-dealkylation sites (N-methyl/N-ethyl adjacent to an activating group) is 1. The van der Waals surface area contributed by atoms with Crippen LogP contribution in [0.4, 0.5) is 20.3 Å². The SMILES string of the molecule is CN(CC1=CN(C2=[N+]3[B]n4c(NCc5cc(F)cc(F)c5)ccc4C(c4ccc(NC(=O)CCl)cc4)=C3C=C2)NN1)Cc1ccccc1. The zero-order valence-electron chi connectivity index (χ0n) is 26.1. The number of anilines is 2. The van der Waals surface area contributed by atoms with Crippen LogP contribution in [-0.2, 0) is 17.9 Å². The van der Waals surface area contributed by atoms with Crippen LogP contribution in [0.5, 0.6) is 0 Å². The first-order valence-corrected chi connectivity index (χ1v) is 15.9. The maximum Gasteiger partial charge on any atom is 0.553 e. The van der Waals surface area contributed by atoms with Crippen molar-refractivity contribution in [3.63, 3.8) is 0 Å². The molecule has 241 valence electrons. The molecule has 4 N–H and O–H groups in total. The molecule has 48 heavy (non-hydrogen) atoms. The highest BCUT2D eigenvalue weighted by Crippen LogP contribution is 2.36. The molecular formula is C35H32BClF2N8O+. The van der Waals surface area contributed by atoms with Gasteiger partial charge in [0.15, 0.2) is 0 Å². The van der Waals surface area contributed by atoms with Crippen molar-refractivity contribution in [3.8, 4) is 0 Å². The molecule has 0 saturated carbocycles. The van der Waals surface area contributed by atoms with E-state index in [1.807, 2.05) is 83.9 Å². The molecule has 3 aliphatic heterocycles. The summed E-state index contributed by atoms with van der Waals surface area (Å²) in [4.78, 5) is 14.1. The number of amidine groups is 1. The number of alkyl halides is 1. The van der Waals surface area contributed by atoms with Crippen molar-refractivity contribution in [1.29, 1.82) is 0 Å². The summed E-state index contributed by atoms with van der Waals surface area (Å²) in [6.07, 6.45) is 6.14. The fourth-order valence-corrected chi connectivity index (χ4v) is 6.11. The number of amides is 1. The number of allylic oxidation sites excluding steroid dienone is 1. The molecule has 0 bridgehead atoms. The first-order chi connectivity index (χ1) is 23.3. The summed E-state index contributed by atoms with van der Waals surface area (Å²) in [6, 6.07) is 25.4. The first-order valence-electron chi connectivity index (χ1n) is 15.4. The third kappa shape index (κ3) is 6.63. The number of hydrogen-bond acceptors (Lipinski definition) is 6. The Balaban J connectivity index is 1.20. The Labute approximate surface area is 282 Å². The molecule has 9 nitrogen and oxygen atoms in total. The number of carbonyl (C=O) groups is 1. The van der Waals surface area contributed by atoms with E-state index < -0.39 is 11.6 Å². The van der Waals surface area contributed by atoms with Gasteiger partial charge in [-0.15, -0.1) is 16.6 Å². The molecular weight excluding hydrogens is 633 g/mol. The smallest absolute Gasteiger partial charge is 0.368 e. The number of fused-ring (bicyclic) bond motifs is 2. The van der Waals surface area contributed by atoms with E-state index in [-0.39, 0.29) is 18.3 Å². The van der Waals surface area contributed by atoms with Crippen LogP contribution in [-0.4, -0.2) is 57.6 Å². The van der Waals surface area contributed by atoms with E-state index in [4.69, 9.17) is 11.6 Å². The van der Waals surface area contributed by atoms with Crippen LogP contribution in [0.25, 0.3) is 5.57 Å². The Hall–Kier alpha value is -5.17. The molecule has 1 radical (unpaired) electrons. The average Bonchev–Trinajstić information content (AvgIpc) is 3.82. The summed E-state index contributed by atoms with van der Waals surface area (Å²) < 4.78 is 31.9. The van der Waals surface area contributed by atoms with Gasteiger partial charge in [0, 0.05) is 48.7 Å². The molecule has 1 aromatic heterocycles. The minimum absolute atomic E-state index is 0.129. The minimum atomic E-state index is -0.621. The molecule has 0 unspecified atom stereocenters. The van der Waals surface area contributed by atoms with Gasteiger partial charge in [-0.25, -0.2) is 8.78 Å². The highest BCUT2D eigenvalue weighted by atomic mass is 35.5. The van der Waals surface area contributed by atoms with Crippen molar-refractivity contribution in [3.05, 3.63) is 149 Å². The lowest BCUT2D eigenvalue weighted by Crippen LogP contribution is -2.45. The molecule has 13 heteroatoms. The normalized spacial score (nSPS) is 14.9. The van der Waals surface area contributed by atoms with Gasteiger partial charge in [-0.05, 0) is 66.2 Å². The third-order valence-corrected chi connectivity index (χ3v) is 8.38. The highest BCUT2D eigenvalue weighted by Gasteiger charge is 2.38. The quantitative estimate of drug-likeness (QED) is 0.141. The van der Waals surface area contributed by atoms with E-state index in [0.717, 1.165) is 52.5 Å². The van der Waals surface area contributed by atoms with Crippen molar-refractivity contribution in [2.24, 2.45) is 0 Å². The van der Waals surface area contributed by atoms with Crippen molar-refractivity contribution in [2.75, 3.05) is 30.1 Å². The molecule has 0 aliphatic carbocycles. The summed E-state index contributed by atoms with van der Waals surface area (Å²) in [5.74, 6) is -0.0480. The number of hydrazine groups is 2. The van der Waals surface area contributed by atoms with E-state index >= 15 is 0 Å². The zero-order valence-corrected chi connectivity index (χ0v) is 26.8. The lowest BCUT2D eigenvalue weighted by Gasteiger charge is -2.23. The van der Waals surface area contributed by atoms with Gasteiger partial charge in [0.1, 0.15) is 29.4 Å². The topological polar surface area (TPSA) is 79.6 Å². The molecule has 7 rings (SSSR count). The monoisotopic (exact) mass is 664 g/mol. The van der Waals surface area contributed by atoms with Crippen molar-refractivity contribution < 1.29 is 18.1 Å². The van der Waals surface area contributed by atoms with Crippen molar-refractivity contribution in [2.45, 2.75) is 13.1 Å². The molecule has 0 fully saturated rings. The Morgan fingerprint density at radius 2 is 1.73 bits per heavy atom. The molecule has 4 aromatic rings. The van der Waals surface area contributed by atoms with E-state index in [2.05, 4.69) is 56.2 Å². The maximum atomic E-state index is 13.9. The minimum Gasteiger partial charge on any atom is -0.368 e. The molecule has 0 spiro atoms. The number of hydrogen-bond donors (Lipinski definition) is 4. The standard InChI is InChI=1S/C35H32BClF2N8O/c1-44(20-23-5-3-2-4-6-23)21-29-22-45(43-42-29)34-14-12-31-35(25-7-9-28(10-8-25)41-33(48)18-37)30-11-13-32(46(30)36-47(31)34)40-19-24-15-26(38)17-27(39)16-24/h2-17,22,40,42-43H,18-21H2,1H3,(H,41,48)/q+1. The Kier molecular flexibility index (Phi) is 8.85. The van der Waals surface area contributed by atoms with Crippen molar-refractivity contribution >= 4 is 48.0 Å². The molecule has 0 atom stereocenters. The summed E-state index contributed by atoms with van der Waals surface area (Å²) in [6.45, 7) is 1.74. The first kappa shape index (κ1) is 31.4. The third-order valence-electron chi connectivity index (χ3n) is 8.14. The highest BCUT2D eigenvalue weighted by molar-refractivity contribution is 6.30. The fraction of sp³-hybridized carbons (Fsp3) is 0.143. The van der Waals surface area contributed by atoms with Crippen LogP contribution >= 0.6 is 11.6 Å². The molecule has 3 aliphatic rings. The largest absolute Gasteiger partial charge is 0.553 e. The van der Waals surface area contributed by atoms with Gasteiger partial charge in [0.2, 0.25) is 5.91 Å². The lowest BCUT2D eigenvalue weighted by atomic mass is 9.92. The molecule has 4 heterocycles.